The van der Waals surface area contributed by atoms with Crippen LogP contribution in [0.1, 0.15) is 184 Å². The topological polar surface area (TPSA) is 350 Å². The first-order valence-corrected chi connectivity index (χ1v) is 37.7. The monoisotopic (exact) mass is 1500 g/mol. The van der Waals surface area contributed by atoms with Gasteiger partial charge in [-0.05, 0) is 219 Å². The van der Waals surface area contributed by atoms with Crippen molar-refractivity contribution in [3.8, 4) is 0 Å². The lowest BCUT2D eigenvalue weighted by molar-refractivity contribution is 0.00641. The quantitative estimate of drug-likeness (QED) is 0.0818. The second kappa shape index (κ2) is 41.5. The number of likely N-dealkylation sites (tertiary alicyclic amines) is 6. The minimum atomic E-state index is -1.14. The van der Waals surface area contributed by atoms with Gasteiger partial charge in [-0.15, -0.1) is 0 Å². The van der Waals surface area contributed by atoms with Crippen molar-refractivity contribution < 1.29 is 79.9 Å². The van der Waals surface area contributed by atoms with Crippen LogP contribution in [0.2, 0.25) is 0 Å². The number of hydrogen-bond donors (Lipinski definition) is 9. The van der Waals surface area contributed by atoms with Gasteiger partial charge in [0.1, 0.15) is 58.3 Å². The van der Waals surface area contributed by atoms with E-state index >= 15 is 0 Å². The maximum atomic E-state index is 13.0. The highest BCUT2D eigenvalue weighted by Crippen LogP contribution is 2.31. The normalized spacial score (nSPS) is 30.4. The predicted molar refractivity (Wildman–Crippen MR) is 396 cm³/mol. The second-order valence-electron chi connectivity index (χ2n) is 35.3. The minimum Gasteiger partial charge on any atom is -0.444 e. The summed E-state index contributed by atoms with van der Waals surface area (Å²) >= 11 is 0. The molecule has 608 valence electrons. The minimum absolute atomic E-state index is 0.0378. The molecule has 0 aromatic rings. The number of nitrogens with one attached hydrogen (secondary N) is 4. The number of nitrogens with two attached hydrogens (primary N) is 4. The number of piperidine rings is 4. The van der Waals surface area contributed by atoms with Gasteiger partial charge in [-0.3, -0.25) is 0 Å². The summed E-state index contributed by atoms with van der Waals surface area (Å²) in [5, 5.41) is 22.4. The largest absolute Gasteiger partial charge is 0.444 e. The predicted octanol–water partition coefficient (Wildman–Crippen LogP) is 8.05. The highest BCUT2D eigenvalue weighted by Gasteiger charge is 2.43. The van der Waals surface area contributed by atoms with Crippen molar-refractivity contribution in [2.24, 2.45) is 52.5 Å². The molecule has 13 N–H and O–H groups in total. The average Bonchev–Trinajstić information content (AvgIpc) is 1.63. The lowest BCUT2D eigenvalue weighted by Crippen LogP contribution is -2.50. The number of carbonyl (C=O) groups is 6. The van der Waals surface area contributed by atoms with Crippen molar-refractivity contribution in [1.29, 1.82) is 0 Å². The molecule has 6 amide bonds. The van der Waals surface area contributed by atoms with E-state index in [0.717, 1.165) is 83.5 Å². The Morgan fingerprint density at radius 1 is 0.346 bits per heavy atom. The van der Waals surface area contributed by atoms with Crippen LogP contribution in [0.25, 0.3) is 0 Å². The Kier molecular flexibility index (Phi) is 37.2. The lowest BCUT2D eigenvalue weighted by atomic mass is 9.90. The number of aliphatic hydroxyl groups excluding tert-OH is 1. The zero-order valence-corrected chi connectivity index (χ0v) is 67.1. The molecule has 0 bridgehead atoms. The Bertz CT molecular complexity index is 2340. The van der Waals surface area contributed by atoms with E-state index in [1.165, 1.54) is 52.0 Å². The van der Waals surface area contributed by atoms with Crippen LogP contribution in [-0.2, 0) is 28.4 Å². The number of rotatable bonds is 0. The molecule has 0 aromatic heterocycles. The van der Waals surface area contributed by atoms with Gasteiger partial charge >= 0.3 is 36.6 Å². The van der Waals surface area contributed by atoms with E-state index in [1.54, 1.807) is 83.1 Å². The number of nitrogens with zero attached hydrogens (tertiary/aromatic N) is 6. The Balaban J connectivity index is 0.000000311. The van der Waals surface area contributed by atoms with E-state index < -0.39 is 107 Å². The van der Waals surface area contributed by atoms with E-state index in [4.69, 9.17) is 56.5 Å². The number of hydrogen-bond acceptors (Lipinski definition) is 21. The molecule has 10 aliphatic heterocycles. The molecule has 16 atom stereocenters. The van der Waals surface area contributed by atoms with Crippen LogP contribution in [-0.4, -0.2) is 290 Å². The number of ether oxygens (including phenoxy) is 6. The molecule has 104 heavy (non-hydrogen) atoms. The molecule has 0 unspecified atom stereocenters. The van der Waals surface area contributed by atoms with Gasteiger partial charge < -0.3 is 107 Å². The summed E-state index contributed by atoms with van der Waals surface area (Å²) in [7, 11) is 0. The van der Waals surface area contributed by atoms with Gasteiger partial charge in [-0.2, -0.15) is 0 Å². The molecule has 10 rings (SSSR count). The second-order valence-corrected chi connectivity index (χ2v) is 35.3. The molecule has 0 saturated carbocycles. The molecular formula is C73H140F4N14O13. The zero-order chi connectivity index (χ0) is 79.2. The summed E-state index contributed by atoms with van der Waals surface area (Å²) in [5.41, 5.74) is 18.8. The summed E-state index contributed by atoms with van der Waals surface area (Å²) < 4.78 is 83.2. The molecule has 0 aromatic carbocycles. The van der Waals surface area contributed by atoms with Crippen molar-refractivity contribution in [1.82, 2.24) is 50.7 Å². The molecule has 0 aliphatic carbocycles. The molecule has 10 fully saturated rings. The van der Waals surface area contributed by atoms with Gasteiger partial charge in [0.25, 0.3) is 0 Å². The Morgan fingerprint density at radius 2 is 0.644 bits per heavy atom. The van der Waals surface area contributed by atoms with E-state index in [9.17, 15) is 46.3 Å². The lowest BCUT2D eigenvalue weighted by Gasteiger charge is -2.37. The molecular weight excluding hydrogens is 1360 g/mol. The Hall–Kier alpha value is -5.02. The highest BCUT2D eigenvalue weighted by molar-refractivity contribution is 5.71. The van der Waals surface area contributed by atoms with Gasteiger partial charge in [-0.25, -0.2) is 46.3 Å². The van der Waals surface area contributed by atoms with Crippen molar-refractivity contribution in [3.05, 3.63) is 0 Å². The first kappa shape index (κ1) is 93.2. The van der Waals surface area contributed by atoms with E-state index in [2.05, 4.69) is 42.0 Å². The number of aliphatic hydroxyl groups is 1. The summed E-state index contributed by atoms with van der Waals surface area (Å²) in [6.45, 7) is 50.6. The number of halogens is 4. The summed E-state index contributed by atoms with van der Waals surface area (Å²) in [6.07, 6.45) is 0.0556. The van der Waals surface area contributed by atoms with Crippen molar-refractivity contribution >= 4 is 36.6 Å². The van der Waals surface area contributed by atoms with Crippen molar-refractivity contribution in [3.63, 3.8) is 0 Å². The molecule has 10 heterocycles. The van der Waals surface area contributed by atoms with Gasteiger partial charge in [0.2, 0.25) is 0 Å². The van der Waals surface area contributed by atoms with Crippen LogP contribution in [0.4, 0.5) is 46.3 Å². The third-order valence-corrected chi connectivity index (χ3v) is 18.4. The molecule has 27 nitrogen and oxygen atoms in total. The first-order chi connectivity index (χ1) is 47.7. The number of alkyl halides is 4. The first-order valence-electron chi connectivity index (χ1n) is 37.7. The SMILES string of the molecule is CC(C)(C)OC(=O)N1CCC[C@@H]2CNC[C@@H]21.CC(C)(C)OC(=O)N1CC[C@@H]2CCNC[C@@H]21.CC(C)(C)OC(=O)N1C[C@@H](F)[C@@H](N)C1.CC(C)(C)OC(=O)N1C[C@@H](N)[C@@H](F)C1.CC(C)(C)OC(=O)N1C[C@@H](N)[C@H](F)C1.CC(C)(C)OC(=O)N1C[C@H](N)[C@@H](F)C1.C[C@@H]1CCNC[C@@H]1C.C[C@H]1CNCC[C@H]1O. The van der Waals surface area contributed by atoms with Gasteiger partial charge in [0, 0.05) is 65.4 Å². The summed E-state index contributed by atoms with van der Waals surface area (Å²) in [4.78, 5) is 78.8. The smallest absolute Gasteiger partial charge is 0.410 e. The van der Waals surface area contributed by atoms with Gasteiger partial charge in [0.15, 0.2) is 0 Å². The summed E-state index contributed by atoms with van der Waals surface area (Å²) in [5.74, 6) is 3.58. The van der Waals surface area contributed by atoms with Crippen molar-refractivity contribution in [2.75, 3.05) is 118 Å². The number of carbonyl (C=O) groups excluding carboxylic acids is 6. The maximum absolute atomic E-state index is 13.0. The van der Waals surface area contributed by atoms with E-state index in [0.29, 0.717) is 29.8 Å². The Labute approximate surface area is 619 Å². The third-order valence-electron chi connectivity index (χ3n) is 18.4. The average molecular weight is 1500 g/mol. The van der Waals surface area contributed by atoms with Crippen LogP contribution in [0.3, 0.4) is 0 Å². The molecule has 10 aliphatic rings. The fourth-order valence-corrected chi connectivity index (χ4v) is 12.4. The number of fused-ring (bicyclic) bond motifs is 2. The van der Waals surface area contributed by atoms with E-state index in [-0.39, 0.29) is 70.6 Å². The number of amides is 6. The fraction of sp³-hybridized carbons (Fsp3) is 0.918. The molecule has 10 saturated heterocycles. The van der Waals surface area contributed by atoms with Gasteiger partial charge in [-0.1, -0.05) is 20.8 Å². The zero-order valence-electron chi connectivity index (χ0n) is 67.1. The molecule has 0 radical (unpaired) electrons. The summed E-state index contributed by atoms with van der Waals surface area (Å²) in [6, 6.07) is -1.62. The fourth-order valence-electron chi connectivity index (χ4n) is 12.4. The maximum Gasteiger partial charge on any atom is 0.410 e. The van der Waals surface area contributed by atoms with Crippen LogP contribution in [0.15, 0.2) is 0 Å². The highest BCUT2D eigenvalue weighted by atomic mass is 19.1. The van der Waals surface area contributed by atoms with E-state index in [1.807, 2.05) is 51.3 Å². The van der Waals surface area contributed by atoms with Crippen LogP contribution in [0, 0.1) is 29.6 Å². The van der Waals surface area contributed by atoms with Crippen LogP contribution in [0.5, 0.6) is 0 Å². The van der Waals surface area contributed by atoms with Crippen molar-refractivity contribution in [2.45, 2.75) is 285 Å². The van der Waals surface area contributed by atoms with Crippen LogP contribution < -0.4 is 44.2 Å². The standard InChI is InChI=1S/2C12H22N2O2.4C9H17FN2O2.C7H15N.C6H13NO/c1-12(2,3)16-11(15)14-7-5-9-4-6-13-8-10(9)14;1-12(2,3)16-11(15)14-6-4-5-9-7-13-8-10(9)14;4*1-9(2,3)14-8(13)12-4-6(10)7(11)5-12;1-6-3-4-8-5-7(6)2;1-5-4-7-3-2-6(5)8/h2*9-10,13H,4-8H2,1-3H3;4*6-7H,4-5,11H2,1-3H3;6-8H,3-5H2,1-2H3;5-8H,2-4H2,1H3/t9-,10-;9-,10+;2*6-,7+;2*6-,7-;6-,7+;5-,6+/m01101010/s1. The third kappa shape index (κ3) is 35.3. The Morgan fingerprint density at radius 3 is 0.933 bits per heavy atom. The molecule has 0 spiro atoms. The van der Waals surface area contributed by atoms with Crippen LogP contribution >= 0.6 is 0 Å². The van der Waals surface area contributed by atoms with Gasteiger partial charge in [0.05, 0.1) is 68.5 Å². The molecule has 31 heteroatoms.